The van der Waals surface area contributed by atoms with Crippen molar-refractivity contribution in [3.63, 3.8) is 0 Å². The van der Waals surface area contributed by atoms with Gasteiger partial charge in [0, 0.05) is 0 Å². The topological polar surface area (TPSA) is 119 Å². The highest BCUT2D eigenvalue weighted by Gasteiger charge is 2.17. The third-order valence-corrected chi connectivity index (χ3v) is 6.57. The fourth-order valence-corrected chi connectivity index (χ4v) is 6.29. The molecule has 7 nitrogen and oxygen atoms in total. The number of carbonyl (C=O) groups is 2. The predicted octanol–water partition coefficient (Wildman–Crippen LogP) is 4.32. The minimum absolute atomic E-state index is 0.229. The molecule has 0 aromatic heterocycles. The molecule has 0 heterocycles. The Kier molecular flexibility index (Phi) is 9.27. The average molecular weight is 835 g/mol. The van der Waals surface area contributed by atoms with Crippen molar-refractivity contribution in [3.8, 4) is 17.2 Å². The van der Waals surface area contributed by atoms with Crippen LogP contribution in [-0.4, -0.2) is 34.8 Å². The first-order valence-corrected chi connectivity index (χ1v) is 11.9. The van der Waals surface area contributed by atoms with Crippen molar-refractivity contribution in [2.24, 2.45) is 5.73 Å². The largest absolute Gasteiger partial charge is 0.480 e. The smallest absolute Gasteiger partial charge is 0.341 e. The van der Waals surface area contributed by atoms with E-state index in [4.69, 9.17) is 25.4 Å². The van der Waals surface area contributed by atoms with E-state index < -0.39 is 24.6 Å². The molecule has 150 valence electrons. The second-order valence-electron chi connectivity index (χ2n) is 5.54. The number of benzene rings is 2. The molecule has 0 fully saturated rings. The van der Waals surface area contributed by atoms with Crippen molar-refractivity contribution in [1.29, 1.82) is 0 Å². The summed E-state index contributed by atoms with van der Waals surface area (Å²) in [6.45, 7) is -0.415. The first kappa shape index (κ1) is 24.1. The van der Waals surface area contributed by atoms with Crippen LogP contribution < -0.4 is 15.2 Å². The minimum atomic E-state index is -1.04. The Morgan fingerprint density at radius 1 is 0.929 bits per heavy atom. The summed E-state index contributed by atoms with van der Waals surface area (Å²) in [5, 5.41) is 17.8. The van der Waals surface area contributed by atoms with E-state index in [1.165, 1.54) is 0 Å². The Labute approximate surface area is 215 Å². The maximum Gasteiger partial charge on any atom is 0.341 e. The van der Waals surface area contributed by atoms with E-state index >= 15 is 0 Å². The highest BCUT2D eigenvalue weighted by molar-refractivity contribution is 14.1. The van der Waals surface area contributed by atoms with Gasteiger partial charge in [0.15, 0.2) is 12.4 Å². The lowest BCUT2D eigenvalue weighted by atomic mass is 10.1. The summed E-state index contributed by atoms with van der Waals surface area (Å²) in [6.07, 6.45) is 0.229. The summed E-state index contributed by atoms with van der Waals surface area (Å²) in [4.78, 5) is 21.7. The zero-order chi connectivity index (χ0) is 21.0. The second-order valence-corrected chi connectivity index (χ2v) is 10.2. The van der Waals surface area contributed by atoms with Gasteiger partial charge in [0.1, 0.15) is 17.5 Å². The number of carboxylic acids is 2. The third kappa shape index (κ3) is 6.69. The normalized spacial score (nSPS) is 11.8. The first-order chi connectivity index (χ1) is 13.1. The molecule has 0 aliphatic carbocycles. The van der Waals surface area contributed by atoms with Gasteiger partial charge in [0.25, 0.3) is 0 Å². The number of aliphatic carboxylic acids is 2. The number of halogens is 4. The van der Waals surface area contributed by atoms with Gasteiger partial charge in [0.2, 0.25) is 0 Å². The number of nitrogens with two attached hydrogens (primary N) is 1. The lowest BCUT2D eigenvalue weighted by Crippen LogP contribution is -2.32. The summed E-state index contributed by atoms with van der Waals surface area (Å²) < 4.78 is 14.5. The van der Waals surface area contributed by atoms with Gasteiger partial charge in [-0.1, -0.05) is 0 Å². The molecule has 2 aromatic rings. The van der Waals surface area contributed by atoms with E-state index in [-0.39, 0.29) is 6.42 Å². The monoisotopic (exact) mass is 835 g/mol. The van der Waals surface area contributed by atoms with E-state index in [0.29, 0.717) is 17.2 Å². The molecule has 0 saturated carbocycles. The van der Waals surface area contributed by atoms with E-state index in [9.17, 15) is 9.59 Å². The number of rotatable bonds is 8. The van der Waals surface area contributed by atoms with Gasteiger partial charge in [0.05, 0.1) is 14.3 Å². The standard InChI is InChI=1S/C17H13I4NO6/c18-9-1-7(3-13(22)17(25)26)2-10(19)16(9)28-8-4-11(20)15(12(21)5-8)27-6-14(23)24/h1-2,4-5,13H,3,6,22H2,(H,23,24)(H,25,26)/t13-/m0/s1. The number of hydrogen-bond acceptors (Lipinski definition) is 5. The Morgan fingerprint density at radius 2 is 1.43 bits per heavy atom. The molecular weight excluding hydrogens is 822 g/mol. The Bertz CT molecular complexity index is 875. The molecule has 0 aliphatic heterocycles. The van der Waals surface area contributed by atoms with Crippen molar-refractivity contribution in [1.82, 2.24) is 0 Å². The molecule has 0 spiro atoms. The third-order valence-electron chi connectivity index (χ3n) is 3.36. The summed E-state index contributed by atoms with van der Waals surface area (Å²) in [6, 6.07) is 6.27. The van der Waals surface area contributed by atoms with Crippen molar-refractivity contribution in [3.05, 3.63) is 44.1 Å². The van der Waals surface area contributed by atoms with Crippen LogP contribution in [0.4, 0.5) is 0 Å². The highest BCUT2D eigenvalue weighted by Crippen LogP contribution is 2.37. The van der Waals surface area contributed by atoms with E-state index in [2.05, 4.69) is 90.4 Å². The lowest BCUT2D eigenvalue weighted by molar-refractivity contribution is -0.139. The van der Waals surface area contributed by atoms with Crippen LogP contribution in [0, 0.1) is 14.3 Å². The molecule has 0 saturated heterocycles. The minimum Gasteiger partial charge on any atom is -0.480 e. The van der Waals surface area contributed by atoms with Crippen LogP contribution in [0.15, 0.2) is 24.3 Å². The van der Waals surface area contributed by atoms with Gasteiger partial charge >= 0.3 is 11.9 Å². The summed E-state index contributed by atoms with van der Waals surface area (Å²) in [5.41, 5.74) is 6.43. The maximum absolute atomic E-state index is 11.0. The van der Waals surface area contributed by atoms with E-state index in [1.807, 2.05) is 12.1 Å². The van der Waals surface area contributed by atoms with Crippen LogP contribution in [0.5, 0.6) is 17.2 Å². The molecule has 2 aromatic carbocycles. The van der Waals surface area contributed by atoms with Gasteiger partial charge in [-0.2, -0.15) is 0 Å². The second kappa shape index (κ2) is 10.8. The molecule has 11 heteroatoms. The predicted molar refractivity (Wildman–Crippen MR) is 136 cm³/mol. The van der Waals surface area contributed by atoms with Gasteiger partial charge in [-0.25, -0.2) is 4.79 Å². The number of hydrogen-bond donors (Lipinski definition) is 3. The van der Waals surface area contributed by atoms with Crippen LogP contribution in [0.25, 0.3) is 0 Å². The first-order valence-electron chi connectivity index (χ1n) is 7.56. The summed E-state index contributed by atoms with van der Waals surface area (Å²) in [7, 11) is 0. The zero-order valence-corrected chi connectivity index (χ0v) is 22.5. The van der Waals surface area contributed by atoms with Crippen LogP contribution in [0.1, 0.15) is 5.56 Å². The fraction of sp³-hybridized carbons (Fsp3) is 0.176. The average Bonchev–Trinajstić information content (AvgIpc) is 2.57. The van der Waals surface area contributed by atoms with Crippen molar-refractivity contribution >= 4 is 102 Å². The van der Waals surface area contributed by atoms with Crippen molar-refractivity contribution in [2.75, 3.05) is 6.61 Å². The summed E-state index contributed by atoms with van der Waals surface area (Å²) >= 11 is 8.40. The van der Waals surface area contributed by atoms with Crippen molar-refractivity contribution in [2.45, 2.75) is 12.5 Å². The van der Waals surface area contributed by atoms with Crippen LogP contribution in [0.2, 0.25) is 0 Å². The van der Waals surface area contributed by atoms with E-state index in [0.717, 1.165) is 19.8 Å². The lowest BCUT2D eigenvalue weighted by Gasteiger charge is -2.15. The molecule has 4 N–H and O–H groups in total. The number of ether oxygens (including phenoxy) is 2. The Morgan fingerprint density at radius 3 is 1.89 bits per heavy atom. The molecule has 0 aliphatic rings. The molecule has 0 radical (unpaired) electrons. The molecule has 2 rings (SSSR count). The SMILES string of the molecule is N[C@@H](Cc1cc(I)c(Oc2cc(I)c(OCC(=O)O)c(I)c2)c(I)c1)C(=O)O. The molecule has 28 heavy (non-hydrogen) atoms. The van der Waals surface area contributed by atoms with Gasteiger partial charge < -0.3 is 25.4 Å². The Hall–Kier alpha value is -0.140. The molecule has 0 amide bonds. The van der Waals surface area contributed by atoms with Gasteiger partial charge in [-0.3, -0.25) is 4.79 Å². The fourth-order valence-electron chi connectivity index (χ4n) is 2.15. The van der Waals surface area contributed by atoms with Crippen LogP contribution >= 0.6 is 90.4 Å². The summed E-state index contributed by atoms with van der Waals surface area (Å²) in [5.74, 6) is -0.348. The highest BCUT2D eigenvalue weighted by atomic mass is 127. The quantitative estimate of drug-likeness (QED) is 0.340. The van der Waals surface area contributed by atoms with Crippen LogP contribution in [0.3, 0.4) is 0 Å². The van der Waals surface area contributed by atoms with Crippen molar-refractivity contribution < 1.29 is 29.3 Å². The molecule has 0 unspecified atom stereocenters. The van der Waals surface area contributed by atoms with Gasteiger partial charge in [-0.05, 0) is 127 Å². The zero-order valence-electron chi connectivity index (χ0n) is 13.9. The molecule has 1 atom stereocenters. The van der Waals surface area contributed by atoms with Crippen LogP contribution in [-0.2, 0) is 16.0 Å². The maximum atomic E-state index is 11.0. The number of carboxylic acid groups (broad SMARTS) is 2. The van der Waals surface area contributed by atoms with Gasteiger partial charge in [-0.15, -0.1) is 0 Å². The molecule has 0 bridgehead atoms. The Balaban J connectivity index is 2.25. The van der Waals surface area contributed by atoms with E-state index in [1.54, 1.807) is 12.1 Å². The molecular formula is C17H13I4NO6.